The standard InChI is InChI=1S/C23H32N2O3/c1-16-13-20(17(2)25(16)19-7-5-6-8-19)21(26)15-24-12-11-18-9-10-22(27-3)23(14-18)28-4/h9-10,13-14,19,24H,5-8,11-12,15H2,1-4H3. The number of nitrogens with zero attached hydrogens (tertiary/aromatic N) is 1. The number of carbonyl (C=O) groups is 1. The van der Waals surface area contributed by atoms with Crippen LogP contribution in [0.4, 0.5) is 0 Å². The molecule has 0 bridgehead atoms. The van der Waals surface area contributed by atoms with Gasteiger partial charge in [-0.3, -0.25) is 4.79 Å². The number of ketones is 1. The van der Waals surface area contributed by atoms with Crippen molar-refractivity contribution in [3.8, 4) is 11.5 Å². The molecule has 5 heteroatoms. The van der Waals surface area contributed by atoms with Crippen LogP contribution in [0.3, 0.4) is 0 Å². The molecule has 1 aromatic heterocycles. The number of benzene rings is 1. The van der Waals surface area contributed by atoms with Gasteiger partial charge in [0.05, 0.1) is 20.8 Å². The first-order chi connectivity index (χ1) is 13.5. The second-order valence-electron chi connectivity index (χ2n) is 7.63. The molecular formula is C23H32N2O3. The number of rotatable bonds is 9. The van der Waals surface area contributed by atoms with E-state index in [9.17, 15) is 4.79 Å². The summed E-state index contributed by atoms with van der Waals surface area (Å²) in [7, 11) is 3.27. The second-order valence-corrected chi connectivity index (χ2v) is 7.63. The maximum atomic E-state index is 12.7. The SMILES string of the molecule is COc1ccc(CCNCC(=O)c2cc(C)n(C3CCCC3)c2C)cc1OC. The van der Waals surface area contributed by atoms with Gasteiger partial charge < -0.3 is 19.4 Å². The van der Waals surface area contributed by atoms with Gasteiger partial charge >= 0.3 is 0 Å². The van der Waals surface area contributed by atoms with Crippen LogP contribution in [0.2, 0.25) is 0 Å². The number of aromatic nitrogens is 1. The molecular weight excluding hydrogens is 352 g/mol. The number of aryl methyl sites for hydroxylation is 1. The molecule has 0 atom stereocenters. The molecule has 1 fully saturated rings. The lowest BCUT2D eigenvalue weighted by Crippen LogP contribution is -2.25. The molecule has 1 saturated carbocycles. The lowest BCUT2D eigenvalue weighted by molar-refractivity contribution is 0.0990. The summed E-state index contributed by atoms with van der Waals surface area (Å²) in [6, 6.07) is 8.56. The molecule has 0 saturated heterocycles. The lowest BCUT2D eigenvalue weighted by Gasteiger charge is -2.17. The predicted octanol–water partition coefficient (Wildman–Crippen LogP) is 4.25. The van der Waals surface area contributed by atoms with Crippen LogP contribution in [0.1, 0.15) is 59.0 Å². The third-order valence-electron chi connectivity index (χ3n) is 5.80. The molecule has 1 aliphatic carbocycles. The molecule has 0 spiro atoms. The van der Waals surface area contributed by atoms with E-state index in [2.05, 4.69) is 29.8 Å². The van der Waals surface area contributed by atoms with Crippen LogP contribution in [-0.4, -0.2) is 37.7 Å². The molecule has 1 aliphatic rings. The molecule has 2 aromatic rings. The van der Waals surface area contributed by atoms with Crippen LogP contribution in [0.15, 0.2) is 24.3 Å². The Balaban J connectivity index is 1.54. The Morgan fingerprint density at radius 2 is 1.82 bits per heavy atom. The number of Topliss-reactive ketones (excluding diaryl/α,β-unsaturated/α-hetero) is 1. The van der Waals surface area contributed by atoms with Crippen LogP contribution < -0.4 is 14.8 Å². The van der Waals surface area contributed by atoms with Crippen molar-refractivity contribution in [3.63, 3.8) is 0 Å². The van der Waals surface area contributed by atoms with Gasteiger partial charge in [0.1, 0.15) is 0 Å². The molecule has 152 valence electrons. The van der Waals surface area contributed by atoms with Crippen LogP contribution in [0, 0.1) is 13.8 Å². The monoisotopic (exact) mass is 384 g/mol. The van der Waals surface area contributed by atoms with Gasteiger partial charge in [-0.05, 0) is 63.4 Å². The van der Waals surface area contributed by atoms with Gasteiger partial charge in [-0.15, -0.1) is 0 Å². The second kappa shape index (κ2) is 9.28. The topological polar surface area (TPSA) is 52.5 Å². The maximum Gasteiger partial charge on any atom is 0.178 e. The predicted molar refractivity (Wildman–Crippen MR) is 112 cm³/mol. The number of hydrogen-bond donors (Lipinski definition) is 1. The van der Waals surface area contributed by atoms with E-state index in [1.54, 1.807) is 14.2 Å². The largest absolute Gasteiger partial charge is 0.493 e. The van der Waals surface area contributed by atoms with E-state index in [1.165, 1.54) is 31.4 Å². The molecule has 1 heterocycles. The Morgan fingerprint density at radius 3 is 2.50 bits per heavy atom. The number of hydrogen-bond acceptors (Lipinski definition) is 4. The number of nitrogens with one attached hydrogen (secondary N) is 1. The van der Waals surface area contributed by atoms with Crippen molar-refractivity contribution in [1.82, 2.24) is 9.88 Å². The summed E-state index contributed by atoms with van der Waals surface area (Å²) in [5.74, 6) is 1.63. The van der Waals surface area contributed by atoms with Gasteiger partial charge in [-0.1, -0.05) is 18.9 Å². The van der Waals surface area contributed by atoms with Crippen molar-refractivity contribution < 1.29 is 14.3 Å². The third kappa shape index (κ3) is 4.41. The summed E-state index contributed by atoms with van der Waals surface area (Å²) in [6.07, 6.45) is 5.88. The van der Waals surface area contributed by atoms with Crippen molar-refractivity contribution in [2.24, 2.45) is 0 Å². The Hall–Kier alpha value is -2.27. The minimum absolute atomic E-state index is 0.171. The highest BCUT2D eigenvalue weighted by Crippen LogP contribution is 2.33. The molecule has 28 heavy (non-hydrogen) atoms. The summed E-state index contributed by atoms with van der Waals surface area (Å²) in [5, 5.41) is 3.29. The number of methoxy groups -OCH3 is 2. The van der Waals surface area contributed by atoms with Crippen LogP contribution >= 0.6 is 0 Å². The normalized spacial score (nSPS) is 14.4. The fraction of sp³-hybridized carbons (Fsp3) is 0.522. The van der Waals surface area contributed by atoms with E-state index in [1.807, 2.05) is 18.2 Å². The van der Waals surface area contributed by atoms with Crippen molar-refractivity contribution in [1.29, 1.82) is 0 Å². The molecule has 0 amide bonds. The van der Waals surface area contributed by atoms with Crippen LogP contribution in [-0.2, 0) is 6.42 Å². The van der Waals surface area contributed by atoms with Gasteiger partial charge in [-0.25, -0.2) is 0 Å². The molecule has 0 radical (unpaired) electrons. The Bertz CT molecular complexity index is 819. The first-order valence-electron chi connectivity index (χ1n) is 10.2. The number of carbonyl (C=O) groups excluding carboxylic acids is 1. The van der Waals surface area contributed by atoms with Crippen molar-refractivity contribution in [2.75, 3.05) is 27.3 Å². The van der Waals surface area contributed by atoms with Gasteiger partial charge in [0, 0.05) is 23.0 Å². The highest BCUT2D eigenvalue weighted by Gasteiger charge is 2.23. The maximum absolute atomic E-state index is 12.7. The minimum Gasteiger partial charge on any atom is -0.493 e. The highest BCUT2D eigenvalue weighted by atomic mass is 16.5. The van der Waals surface area contributed by atoms with Gasteiger partial charge in [-0.2, -0.15) is 0 Å². The van der Waals surface area contributed by atoms with Crippen LogP contribution in [0.5, 0.6) is 11.5 Å². The summed E-state index contributed by atoms with van der Waals surface area (Å²) >= 11 is 0. The fourth-order valence-electron chi connectivity index (χ4n) is 4.35. The van der Waals surface area contributed by atoms with Crippen molar-refractivity contribution >= 4 is 5.78 Å². The van der Waals surface area contributed by atoms with E-state index < -0.39 is 0 Å². The van der Waals surface area contributed by atoms with Gasteiger partial charge in [0.25, 0.3) is 0 Å². The third-order valence-corrected chi connectivity index (χ3v) is 5.80. The van der Waals surface area contributed by atoms with Gasteiger partial charge in [0.15, 0.2) is 17.3 Å². The highest BCUT2D eigenvalue weighted by molar-refractivity contribution is 5.99. The number of ether oxygens (including phenoxy) is 2. The lowest BCUT2D eigenvalue weighted by atomic mass is 10.1. The summed E-state index contributed by atoms with van der Waals surface area (Å²) in [6.45, 7) is 5.31. The van der Waals surface area contributed by atoms with E-state index >= 15 is 0 Å². The van der Waals surface area contributed by atoms with E-state index in [0.717, 1.165) is 41.3 Å². The Labute approximate surface area is 168 Å². The van der Waals surface area contributed by atoms with E-state index in [4.69, 9.17) is 9.47 Å². The molecule has 1 aromatic carbocycles. The molecule has 3 rings (SSSR count). The minimum atomic E-state index is 0.171. The summed E-state index contributed by atoms with van der Waals surface area (Å²) in [4.78, 5) is 12.7. The summed E-state index contributed by atoms with van der Waals surface area (Å²) < 4.78 is 13.0. The fourth-order valence-corrected chi connectivity index (χ4v) is 4.35. The molecule has 5 nitrogen and oxygen atoms in total. The van der Waals surface area contributed by atoms with Gasteiger partial charge in [0.2, 0.25) is 0 Å². The quantitative estimate of drug-likeness (QED) is 0.519. The van der Waals surface area contributed by atoms with E-state index in [0.29, 0.717) is 12.6 Å². The van der Waals surface area contributed by atoms with E-state index in [-0.39, 0.29) is 5.78 Å². The average Bonchev–Trinajstić information content (AvgIpc) is 3.32. The van der Waals surface area contributed by atoms with Crippen molar-refractivity contribution in [3.05, 3.63) is 46.8 Å². The zero-order valence-electron chi connectivity index (χ0n) is 17.5. The Morgan fingerprint density at radius 1 is 1.11 bits per heavy atom. The smallest absolute Gasteiger partial charge is 0.178 e. The molecule has 0 aliphatic heterocycles. The first kappa shape index (κ1) is 20.5. The van der Waals surface area contributed by atoms with Crippen LogP contribution in [0.25, 0.3) is 0 Å². The summed E-state index contributed by atoms with van der Waals surface area (Å²) in [5.41, 5.74) is 4.34. The Kier molecular flexibility index (Phi) is 6.79. The van der Waals surface area contributed by atoms with Crippen molar-refractivity contribution in [2.45, 2.75) is 52.0 Å². The first-order valence-corrected chi connectivity index (χ1v) is 10.2. The zero-order chi connectivity index (χ0) is 20.1. The average molecular weight is 385 g/mol. The molecule has 0 unspecified atom stereocenters. The molecule has 1 N–H and O–H groups in total. The zero-order valence-corrected chi connectivity index (χ0v) is 17.5.